The Morgan fingerprint density at radius 1 is 1.21 bits per heavy atom. The van der Waals surface area contributed by atoms with Crippen molar-refractivity contribution in [2.75, 3.05) is 11.1 Å². The minimum absolute atomic E-state index is 0.0399. The monoisotopic (exact) mass is 567 g/mol. The van der Waals surface area contributed by atoms with E-state index in [-0.39, 0.29) is 23.2 Å². The van der Waals surface area contributed by atoms with E-state index in [9.17, 15) is 4.79 Å². The maximum atomic E-state index is 12.6. The number of carbonyl (C=O) groups is 1. The first-order valence-corrected chi connectivity index (χ1v) is 14.6. The highest BCUT2D eigenvalue weighted by Gasteiger charge is 2.28. The third kappa shape index (κ3) is 5.20. The van der Waals surface area contributed by atoms with Crippen LogP contribution in [0.15, 0.2) is 35.3 Å². The predicted octanol–water partition coefficient (Wildman–Crippen LogP) is 5.20. The number of nitrogen functional groups attached to an aromatic ring is 1. The summed E-state index contributed by atoms with van der Waals surface area (Å²) < 4.78 is 0. The molecule has 38 heavy (non-hydrogen) atoms. The molecule has 4 aromatic rings. The fourth-order valence-electron chi connectivity index (χ4n) is 4.98. The summed E-state index contributed by atoms with van der Waals surface area (Å²) in [6, 6.07) is 2.23. The van der Waals surface area contributed by atoms with E-state index < -0.39 is 0 Å². The summed E-state index contributed by atoms with van der Waals surface area (Å²) in [7, 11) is 0. The van der Waals surface area contributed by atoms with Gasteiger partial charge in [-0.05, 0) is 37.0 Å². The number of hydrogen-bond donors (Lipinski definition) is 4. The van der Waals surface area contributed by atoms with Gasteiger partial charge in [-0.25, -0.2) is 24.9 Å². The Morgan fingerprint density at radius 2 is 2.08 bits per heavy atom. The molecular weight excluding hydrogens is 542 g/mol. The third-order valence-corrected chi connectivity index (χ3v) is 8.96. The van der Waals surface area contributed by atoms with E-state index in [1.807, 2.05) is 12.3 Å². The van der Waals surface area contributed by atoms with Crippen LogP contribution < -0.4 is 16.4 Å². The average Bonchev–Trinajstić information content (AvgIpc) is 3.63. The lowest BCUT2D eigenvalue weighted by atomic mass is 9.91. The van der Waals surface area contributed by atoms with Crippen LogP contribution in [0.3, 0.4) is 0 Å². The van der Waals surface area contributed by atoms with Crippen molar-refractivity contribution >= 4 is 62.7 Å². The summed E-state index contributed by atoms with van der Waals surface area (Å²) in [5.41, 5.74) is 9.02. The van der Waals surface area contributed by atoms with Crippen LogP contribution in [0, 0.1) is 5.92 Å². The smallest absolute Gasteiger partial charge is 0.271 e. The minimum atomic E-state index is -0.186. The molecule has 5 N–H and O–H groups in total. The number of rotatable bonds is 6. The molecule has 0 radical (unpaired) electrons. The number of aromatic amines is 1. The molecule has 4 unspecified atom stereocenters. The van der Waals surface area contributed by atoms with Gasteiger partial charge in [-0.2, -0.15) is 0 Å². The van der Waals surface area contributed by atoms with E-state index >= 15 is 0 Å². The summed E-state index contributed by atoms with van der Waals surface area (Å²) in [5.74, 6) is 1.48. The number of nitrogens with one attached hydrogen (secondary N) is 3. The first-order chi connectivity index (χ1) is 18.4. The predicted molar refractivity (Wildman–Crippen MR) is 152 cm³/mol. The molecule has 0 bridgehead atoms. The van der Waals surface area contributed by atoms with E-state index in [2.05, 4.69) is 49.0 Å². The van der Waals surface area contributed by atoms with Crippen molar-refractivity contribution in [1.82, 2.24) is 35.2 Å². The van der Waals surface area contributed by atoms with E-state index in [4.69, 9.17) is 27.3 Å². The van der Waals surface area contributed by atoms with Gasteiger partial charge in [-0.15, -0.1) is 23.1 Å². The van der Waals surface area contributed by atoms with Crippen molar-refractivity contribution < 1.29 is 4.79 Å². The van der Waals surface area contributed by atoms with Crippen molar-refractivity contribution in [3.05, 3.63) is 51.9 Å². The van der Waals surface area contributed by atoms with Gasteiger partial charge in [-0.1, -0.05) is 24.6 Å². The van der Waals surface area contributed by atoms with Gasteiger partial charge < -0.3 is 21.4 Å². The number of thioether (sulfide) groups is 1. The molecule has 1 aliphatic carbocycles. The zero-order valence-electron chi connectivity index (χ0n) is 20.5. The van der Waals surface area contributed by atoms with Gasteiger partial charge in [0, 0.05) is 29.7 Å². The molecule has 6 rings (SSSR count). The quantitative estimate of drug-likeness (QED) is 0.247. The van der Waals surface area contributed by atoms with E-state index in [0.29, 0.717) is 38.9 Å². The molecule has 1 aliphatic heterocycles. The van der Waals surface area contributed by atoms with Crippen molar-refractivity contribution in [1.29, 1.82) is 0 Å². The number of anilines is 2. The second-order valence-corrected chi connectivity index (χ2v) is 11.9. The van der Waals surface area contributed by atoms with E-state index in [1.54, 1.807) is 17.1 Å². The van der Waals surface area contributed by atoms with Gasteiger partial charge in [0.2, 0.25) is 0 Å². The lowest BCUT2D eigenvalue weighted by Crippen LogP contribution is -2.42. The first-order valence-electron chi connectivity index (χ1n) is 12.4. The largest absolute Gasteiger partial charge is 0.375 e. The highest BCUT2D eigenvalue weighted by Crippen LogP contribution is 2.43. The number of halogens is 1. The SMILES string of the molecule is CC1C=CSC1c1cc(NC2CCCC(NC(=O)c3csc(N)n3)C2)nc(-c2c[nH]c3ncc(Cl)nc23)n1. The number of amides is 1. The molecule has 1 saturated carbocycles. The highest BCUT2D eigenvalue weighted by atomic mass is 35.5. The van der Waals surface area contributed by atoms with Crippen LogP contribution in [0.4, 0.5) is 10.9 Å². The second-order valence-electron chi connectivity index (χ2n) is 9.59. The summed E-state index contributed by atoms with van der Waals surface area (Å²) in [6.45, 7) is 2.19. The highest BCUT2D eigenvalue weighted by molar-refractivity contribution is 8.02. The topological polar surface area (TPSA) is 147 Å². The number of nitrogens with zero attached hydrogens (tertiary/aromatic N) is 5. The van der Waals surface area contributed by atoms with Crippen molar-refractivity contribution in [3.8, 4) is 11.4 Å². The molecule has 13 heteroatoms. The van der Waals surface area contributed by atoms with Crippen LogP contribution in [-0.2, 0) is 0 Å². The van der Waals surface area contributed by atoms with Crippen LogP contribution in [0.25, 0.3) is 22.6 Å². The molecule has 0 saturated heterocycles. The Hall–Kier alpha value is -3.22. The third-order valence-electron chi connectivity index (χ3n) is 6.83. The molecule has 1 amide bonds. The summed E-state index contributed by atoms with van der Waals surface area (Å²) >= 11 is 9.17. The summed E-state index contributed by atoms with van der Waals surface area (Å²) in [4.78, 5) is 38.5. The van der Waals surface area contributed by atoms with Crippen molar-refractivity contribution in [3.63, 3.8) is 0 Å². The fraction of sp³-hybridized carbons (Fsp3) is 0.360. The molecule has 0 aromatic carbocycles. The number of fused-ring (bicyclic) bond motifs is 1. The van der Waals surface area contributed by atoms with Crippen LogP contribution in [-0.4, -0.2) is 47.9 Å². The Labute approximate surface area is 232 Å². The molecule has 1 fully saturated rings. The van der Waals surface area contributed by atoms with Crippen LogP contribution >= 0.6 is 34.7 Å². The number of allylic oxidation sites excluding steroid dienone is 1. The fourth-order valence-corrected chi connectivity index (χ4v) is 6.76. The van der Waals surface area contributed by atoms with Gasteiger partial charge in [0.1, 0.15) is 22.2 Å². The second kappa shape index (κ2) is 10.5. The van der Waals surface area contributed by atoms with Gasteiger partial charge in [0.25, 0.3) is 5.91 Å². The zero-order valence-corrected chi connectivity index (χ0v) is 22.9. The number of aromatic nitrogens is 6. The summed E-state index contributed by atoms with van der Waals surface area (Å²) in [6.07, 6.45) is 9.21. The molecular formula is C25H26ClN9OS2. The molecule has 4 aromatic heterocycles. The lowest BCUT2D eigenvalue weighted by molar-refractivity contribution is 0.0922. The summed E-state index contributed by atoms with van der Waals surface area (Å²) in [5, 5.41) is 11.5. The number of hydrogen-bond acceptors (Lipinski definition) is 10. The Bertz CT molecular complexity index is 1520. The molecule has 196 valence electrons. The zero-order chi connectivity index (χ0) is 26.2. The number of nitrogens with two attached hydrogens (primary N) is 1. The maximum Gasteiger partial charge on any atom is 0.271 e. The van der Waals surface area contributed by atoms with Gasteiger partial charge in [0.15, 0.2) is 16.6 Å². The molecule has 4 atom stereocenters. The minimum Gasteiger partial charge on any atom is -0.375 e. The Kier molecular flexibility index (Phi) is 6.93. The van der Waals surface area contributed by atoms with Crippen molar-refractivity contribution in [2.45, 2.75) is 49.9 Å². The van der Waals surface area contributed by atoms with Gasteiger partial charge >= 0.3 is 0 Å². The molecule has 5 heterocycles. The number of thiazole rings is 1. The lowest BCUT2D eigenvalue weighted by Gasteiger charge is -2.30. The standard InChI is InChI=1S/C25H26ClN9OS2/c1-12-5-6-37-21(12)16-8-19(35-22(32-16)15-9-28-23-20(15)34-18(26)10-29-23)30-13-3-2-4-14(7-13)31-24(36)17-11-38-25(27)33-17/h5-6,8-14,21H,2-4,7H2,1H3,(H2,27,33)(H,28,29)(H,31,36)(H,30,32,35). The van der Waals surface area contributed by atoms with Crippen LogP contribution in [0.2, 0.25) is 5.15 Å². The number of H-pyrrole nitrogens is 1. The molecule has 2 aliphatic rings. The molecule has 10 nitrogen and oxygen atoms in total. The van der Waals surface area contributed by atoms with Crippen LogP contribution in [0.1, 0.15) is 54.0 Å². The Morgan fingerprint density at radius 3 is 2.87 bits per heavy atom. The van der Waals surface area contributed by atoms with E-state index in [0.717, 1.165) is 42.8 Å². The van der Waals surface area contributed by atoms with Gasteiger partial charge in [-0.3, -0.25) is 4.79 Å². The average molecular weight is 568 g/mol. The normalized spacial score (nSPS) is 23.1. The van der Waals surface area contributed by atoms with E-state index in [1.165, 1.54) is 17.5 Å². The Balaban J connectivity index is 1.26. The molecule has 0 spiro atoms. The van der Waals surface area contributed by atoms with Crippen LogP contribution in [0.5, 0.6) is 0 Å². The van der Waals surface area contributed by atoms with Gasteiger partial charge in [0.05, 0.1) is 22.7 Å². The number of carbonyl (C=O) groups excluding carboxylic acids is 1. The maximum absolute atomic E-state index is 12.6. The first kappa shape index (κ1) is 25.1. The van der Waals surface area contributed by atoms with Crippen molar-refractivity contribution in [2.24, 2.45) is 5.92 Å².